The Morgan fingerprint density at radius 3 is 2.55 bits per heavy atom. The van der Waals surface area contributed by atoms with Gasteiger partial charge in [0.05, 0.1) is 42.7 Å². The molecule has 0 spiro atoms. The van der Waals surface area contributed by atoms with E-state index in [9.17, 15) is 9.59 Å². The van der Waals surface area contributed by atoms with E-state index in [2.05, 4.69) is 10.6 Å². The smallest absolute Gasteiger partial charge is 0.338 e. The molecule has 6 rings (SSSR count). The number of carbonyl (C=O) groups excluding carboxylic acids is 1. The molecule has 10 heteroatoms. The van der Waals surface area contributed by atoms with Crippen molar-refractivity contribution < 1.29 is 19.0 Å². The summed E-state index contributed by atoms with van der Waals surface area (Å²) in [4.78, 5) is 32.7. The summed E-state index contributed by atoms with van der Waals surface area (Å²) < 4.78 is 20.6. The number of benzene rings is 3. The molecule has 0 saturated carbocycles. The molecule has 0 bridgehead atoms. The maximum atomic E-state index is 14.2. The number of nitrogens with zero attached hydrogens (tertiary/aromatic N) is 3. The zero-order valence-corrected chi connectivity index (χ0v) is 26.2. The maximum absolute atomic E-state index is 14.2. The minimum atomic E-state index is -0.770. The van der Waals surface area contributed by atoms with Crippen LogP contribution in [0.2, 0.25) is 5.02 Å². The third-order valence-corrected chi connectivity index (χ3v) is 9.00. The van der Waals surface area contributed by atoms with Gasteiger partial charge in [0, 0.05) is 34.2 Å². The molecule has 44 heavy (non-hydrogen) atoms. The van der Waals surface area contributed by atoms with Crippen LogP contribution in [0.1, 0.15) is 36.6 Å². The SMILES string of the molecule is CCOC(=O)C1=C(C)N=c2sc(=Cc3cn(Cc4ccccc4Cl)c4ccccc34)c(=O)n2C1c1ccc(OC)c(OC)c1. The Bertz CT molecular complexity index is 2120. The van der Waals surface area contributed by atoms with Gasteiger partial charge in [-0.25, -0.2) is 9.79 Å². The van der Waals surface area contributed by atoms with Gasteiger partial charge in [0.1, 0.15) is 0 Å². The van der Waals surface area contributed by atoms with E-state index in [-0.39, 0.29) is 12.2 Å². The number of methoxy groups -OCH3 is 2. The number of halogens is 1. The van der Waals surface area contributed by atoms with Gasteiger partial charge in [0.2, 0.25) is 0 Å². The molecule has 0 radical (unpaired) electrons. The summed E-state index contributed by atoms with van der Waals surface area (Å²) >= 11 is 7.76. The van der Waals surface area contributed by atoms with Crippen molar-refractivity contribution in [3.63, 3.8) is 0 Å². The molecule has 5 aromatic rings. The Morgan fingerprint density at radius 1 is 1.05 bits per heavy atom. The average molecular weight is 628 g/mol. The minimum absolute atomic E-state index is 0.191. The first-order valence-corrected chi connectivity index (χ1v) is 15.3. The van der Waals surface area contributed by atoms with Gasteiger partial charge in [0.15, 0.2) is 16.3 Å². The molecule has 1 aliphatic heterocycles. The Hall–Kier alpha value is -4.60. The van der Waals surface area contributed by atoms with Crippen molar-refractivity contribution in [2.75, 3.05) is 20.8 Å². The first-order valence-electron chi connectivity index (χ1n) is 14.1. The fraction of sp³-hybridized carbons (Fsp3) is 0.206. The second-order valence-corrected chi connectivity index (χ2v) is 11.7. The van der Waals surface area contributed by atoms with E-state index in [4.69, 9.17) is 30.8 Å². The molecule has 224 valence electrons. The number of carbonyl (C=O) groups is 1. The predicted molar refractivity (Wildman–Crippen MR) is 172 cm³/mol. The number of ether oxygens (including phenoxy) is 3. The van der Waals surface area contributed by atoms with Crippen molar-refractivity contribution in [2.24, 2.45) is 4.99 Å². The maximum Gasteiger partial charge on any atom is 0.338 e. The highest BCUT2D eigenvalue weighted by Crippen LogP contribution is 2.36. The average Bonchev–Trinajstić information content (AvgIpc) is 3.53. The first-order chi connectivity index (χ1) is 21.3. The lowest BCUT2D eigenvalue weighted by molar-refractivity contribution is -0.139. The molecule has 3 heterocycles. The summed E-state index contributed by atoms with van der Waals surface area (Å²) in [5, 5.41) is 1.70. The summed E-state index contributed by atoms with van der Waals surface area (Å²) in [7, 11) is 3.10. The summed E-state index contributed by atoms with van der Waals surface area (Å²) in [5.41, 5.74) is 4.12. The second-order valence-electron chi connectivity index (χ2n) is 10.2. The number of hydrogen-bond donors (Lipinski definition) is 0. The standard InChI is InChI=1S/C34H30ClN3O5S/c1-5-43-33(40)30-20(2)36-34-38(31(30)21-14-15-27(41-3)28(16-21)42-4)32(39)29(44-34)17-23-19-37(26-13-9-7-11-24(23)26)18-22-10-6-8-12-25(22)35/h6-17,19,31H,5,18H2,1-4H3. The van der Waals surface area contributed by atoms with Crippen LogP contribution in [0.4, 0.5) is 0 Å². The highest BCUT2D eigenvalue weighted by Gasteiger charge is 2.34. The Kier molecular flexibility index (Phi) is 8.16. The Labute approximate surface area is 262 Å². The Morgan fingerprint density at radius 2 is 1.80 bits per heavy atom. The number of rotatable bonds is 8. The normalized spacial score (nSPS) is 14.8. The van der Waals surface area contributed by atoms with Crippen LogP contribution >= 0.6 is 22.9 Å². The fourth-order valence-corrected chi connectivity index (χ4v) is 6.84. The summed E-state index contributed by atoms with van der Waals surface area (Å²) in [6, 6.07) is 20.4. The van der Waals surface area contributed by atoms with E-state index in [1.165, 1.54) is 11.3 Å². The highest BCUT2D eigenvalue weighted by molar-refractivity contribution is 7.07. The quantitative estimate of drug-likeness (QED) is 0.213. The van der Waals surface area contributed by atoms with Gasteiger partial charge < -0.3 is 18.8 Å². The van der Waals surface area contributed by atoms with Crippen molar-refractivity contribution in [2.45, 2.75) is 26.4 Å². The van der Waals surface area contributed by atoms with Crippen LogP contribution in [0.15, 0.2) is 94.0 Å². The van der Waals surface area contributed by atoms with E-state index >= 15 is 0 Å². The van der Waals surface area contributed by atoms with E-state index in [0.717, 1.165) is 22.0 Å². The minimum Gasteiger partial charge on any atom is -0.493 e. The summed E-state index contributed by atoms with van der Waals surface area (Å²) in [6.45, 7) is 4.28. The number of aromatic nitrogens is 2. The molecule has 3 aromatic carbocycles. The number of allylic oxidation sites excluding steroid dienone is 1. The number of para-hydroxylation sites is 1. The van der Waals surface area contributed by atoms with Crippen molar-refractivity contribution in [1.82, 2.24) is 9.13 Å². The van der Waals surface area contributed by atoms with Crippen LogP contribution in [0.3, 0.4) is 0 Å². The van der Waals surface area contributed by atoms with Gasteiger partial charge in [-0.2, -0.15) is 0 Å². The van der Waals surface area contributed by atoms with Crippen LogP contribution in [-0.2, 0) is 16.1 Å². The van der Waals surface area contributed by atoms with Crippen LogP contribution in [0.5, 0.6) is 11.5 Å². The van der Waals surface area contributed by atoms with Gasteiger partial charge in [0.25, 0.3) is 5.56 Å². The molecule has 1 aliphatic rings. The highest BCUT2D eigenvalue weighted by atomic mass is 35.5. The van der Waals surface area contributed by atoms with Gasteiger partial charge >= 0.3 is 5.97 Å². The van der Waals surface area contributed by atoms with Gasteiger partial charge in [-0.05, 0) is 55.3 Å². The molecule has 0 fully saturated rings. The molecule has 0 aliphatic carbocycles. The lowest BCUT2D eigenvalue weighted by atomic mass is 9.95. The Balaban J connectivity index is 1.53. The molecule has 0 N–H and O–H groups in total. The largest absolute Gasteiger partial charge is 0.493 e. The van der Waals surface area contributed by atoms with Crippen LogP contribution in [0.25, 0.3) is 17.0 Å². The topological polar surface area (TPSA) is 84.1 Å². The lowest BCUT2D eigenvalue weighted by Gasteiger charge is -2.25. The first kappa shape index (κ1) is 29.5. The van der Waals surface area contributed by atoms with Gasteiger partial charge in [-0.3, -0.25) is 9.36 Å². The van der Waals surface area contributed by atoms with Crippen LogP contribution in [-0.4, -0.2) is 35.9 Å². The number of fused-ring (bicyclic) bond motifs is 2. The van der Waals surface area contributed by atoms with Crippen molar-refractivity contribution in [3.8, 4) is 11.5 Å². The number of thiazole rings is 1. The fourth-order valence-electron chi connectivity index (χ4n) is 5.60. The van der Waals surface area contributed by atoms with E-state index < -0.39 is 12.0 Å². The predicted octanol–water partition coefficient (Wildman–Crippen LogP) is 5.47. The van der Waals surface area contributed by atoms with Crippen molar-refractivity contribution in [1.29, 1.82) is 0 Å². The molecular formula is C34H30ClN3O5S. The molecular weight excluding hydrogens is 598 g/mol. The molecule has 8 nitrogen and oxygen atoms in total. The molecule has 2 aromatic heterocycles. The van der Waals surface area contributed by atoms with Gasteiger partial charge in [-0.15, -0.1) is 0 Å². The van der Waals surface area contributed by atoms with Crippen molar-refractivity contribution >= 4 is 45.9 Å². The van der Waals surface area contributed by atoms with Crippen LogP contribution < -0.4 is 24.4 Å². The van der Waals surface area contributed by atoms with E-state index in [1.54, 1.807) is 44.8 Å². The van der Waals surface area contributed by atoms with E-state index in [1.807, 2.05) is 60.8 Å². The van der Waals surface area contributed by atoms with Gasteiger partial charge in [-0.1, -0.05) is 65.4 Å². The molecule has 0 saturated heterocycles. The number of esters is 1. The third kappa shape index (κ3) is 5.22. The zero-order valence-electron chi connectivity index (χ0n) is 24.7. The second kappa shape index (κ2) is 12.2. The summed E-state index contributed by atoms with van der Waals surface area (Å²) in [5.74, 6) is 0.497. The number of hydrogen-bond acceptors (Lipinski definition) is 7. The monoisotopic (exact) mass is 627 g/mol. The summed E-state index contributed by atoms with van der Waals surface area (Å²) in [6.07, 6.45) is 3.93. The van der Waals surface area contributed by atoms with E-state index in [0.29, 0.717) is 49.2 Å². The molecule has 1 atom stereocenters. The molecule has 0 amide bonds. The lowest BCUT2D eigenvalue weighted by Crippen LogP contribution is -2.39. The molecule has 1 unspecified atom stereocenters. The zero-order chi connectivity index (χ0) is 31.0. The van der Waals surface area contributed by atoms with Crippen LogP contribution in [0, 0.1) is 0 Å². The van der Waals surface area contributed by atoms with Crippen molar-refractivity contribution in [3.05, 3.63) is 126 Å². The third-order valence-electron chi connectivity index (χ3n) is 7.64.